The molecular weight excluding hydrogens is 454 g/mol. The number of nitrogens with one attached hydrogen (secondary N) is 1. The van der Waals surface area contributed by atoms with Gasteiger partial charge in [-0.3, -0.25) is 0 Å². The average Bonchev–Trinajstić information content (AvgIpc) is 3.46. The van der Waals surface area contributed by atoms with Crippen LogP contribution in [0.15, 0.2) is 42.6 Å². The summed E-state index contributed by atoms with van der Waals surface area (Å²) in [5, 5.41) is 4.49. The number of amides is 2. The van der Waals surface area contributed by atoms with Gasteiger partial charge in [0.2, 0.25) is 0 Å². The molecule has 0 unspecified atom stereocenters. The van der Waals surface area contributed by atoms with Gasteiger partial charge in [0.05, 0.1) is 18.3 Å². The lowest BCUT2D eigenvalue weighted by molar-refractivity contribution is 0.143. The summed E-state index contributed by atoms with van der Waals surface area (Å²) < 4.78 is 7.82. The Bertz CT molecular complexity index is 1160. The standard InChI is InChI=1S/C29H37N3O2S/c1-4-34-18-8-16-30-29(33)32-19-24-23-9-5-6-11-26(23)35-28(24)31-17-7-10-25(31)27(32)22-14-12-21(13-15-22)20(2)3/h7,10,12-15,17,20,27H,4-6,8-9,11,16,18-19H2,1-3H3,(H,30,33)/t27-/m1/s1. The van der Waals surface area contributed by atoms with Gasteiger partial charge in [0.25, 0.3) is 0 Å². The van der Waals surface area contributed by atoms with Gasteiger partial charge in [-0.05, 0) is 73.8 Å². The number of carbonyl (C=O) groups excluding carboxylic acids is 1. The number of fused-ring (bicyclic) bond motifs is 5. The second kappa shape index (κ2) is 10.6. The van der Waals surface area contributed by atoms with Gasteiger partial charge in [-0.1, -0.05) is 38.1 Å². The number of rotatable bonds is 7. The molecule has 0 fully saturated rings. The quantitative estimate of drug-likeness (QED) is 0.379. The zero-order valence-electron chi connectivity index (χ0n) is 21.2. The Morgan fingerprint density at radius 3 is 2.71 bits per heavy atom. The van der Waals surface area contributed by atoms with E-state index in [1.54, 1.807) is 0 Å². The molecule has 2 aliphatic rings. The van der Waals surface area contributed by atoms with E-state index in [-0.39, 0.29) is 12.1 Å². The minimum atomic E-state index is -0.142. The SMILES string of the molecule is CCOCCCNC(=O)N1Cc2c(sc3c2CCCC3)-n2cccc2[C@H]1c1ccc(C(C)C)cc1. The normalized spacial score (nSPS) is 17.0. The molecule has 0 radical (unpaired) electrons. The number of aromatic nitrogens is 1. The summed E-state index contributed by atoms with van der Waals surface area (Å²) in [7, 11) is 0. The van der Waals surface area contributed by atoms with Crippen molar-refractivity contribution in [3.63, 3.8) is 0 Å². The molecule has 1 aromatic carbocycles. The zero-order valence-corrected chi connectivity index (χ0v) is 22.0. The molecular formula is C29H37N3O2S. The monoisotopic (exact) mass is 491 g/mol. The van der Waals surface area contributed by atoms with Crippen molar-refractivity contribution in [1.82, 2.24) is 14.8 Å². The van der Waals surface area contributed by atoms with Crippen LogP contribution in [0, 0.1) is 0 Å². The Morgan fingerprint density at radius 2 is 1.94 bits per heavy atom. The van der Waals surface area contributed by atoms with E-state index in [4.69, 9.17) is 4.74 Å². The Kier molecular flexibility index (Phi) is 7.30. The van der Waals surface area contributed by atoms with Crippen LogP contribution >= 0.6 is 11.3 Å². The average molecular weight is 492 g/mol. The van der Waals surface area contributed by atoms with Crippen LogP contribution in [0.1, 0.15) is 84.8 Å². The van der Waals surface area contributed by atoms with Crippen LogP contribution in [-0.2, 0) is 24.1 Å². The predicted molar refractivity (Wildman–Crippen MR) is 143 cm³/mol. The van der Waals surface area contributed by atoms with Crippen molar-refractivity contribution >= 4 is 17.4 Å². The van der Waals surface area contributed by atoms with E-state index in [1.807, 2.05) is 18.3 Å². The first kappa shape index (κ1) is 24.1. The lowest BCUT2D eigenvalue weighted by Crippen LogP contribution is -2.42. The number of hydrogen-bond acceptors (Lipinski definition) is 3. The lowest BCUT2D eigenvalue weighted by Gasteiger charge is -2.31. The number of thiophene rings is 1. The molecule has 1 N–H and O–H groups in total. The molecule has 186 valence electrons. The summed E-state index contributed by atoms with van der Waals surface area (Å²) in [6.07, 6.45) is 7.77. The largest absolute Gasteiger partial charge is 0.382 e. The maximum Gasteiger partial charge on any atom is 0.318 e. The summed E-state index contributed by atoms with van der Waals surface area (Å²) in [6, 6.07) is 13.0. The van der Waals surface area contributed by atoms with Crippen molar-refractivity contribution in [2.45, 2.75) is 71.4 Å². The molecule has 0 saturated carbocycles. The van der Waals surface area contributed by atoms with E-state index in [2.05, 4.69) is 71.2 Å². The van der Waals surface area contributed by atoms with Crippen LogP contribution in [0.5, 0.6) is 0 Å². The topological polar surface area (TPSA) is 46.5 Å². The van der Waals surface area contributed by atoms with Gasteiger partial charge in [0, 0.05) is 36.4 Å². The fourth-order valence-electron chi connectivity index (χ4n) is 5.42. The van der Waals surface area contributed by atoms with E-state index in [9.17, 15) is 4.79 Å². The van der Waals surface area contributed by atoms with Crippen molar-refractivity contribution in [2.24, 2.45) is 0 Å². The molecule has 0 spiro atoms. The molecule has 1 aliphatic carbocycles. The second-order valence-electron chi connectivity index (χ2n) is 9.93. The molecule has 3 aromatic rings. The molecule has 2 amide bonds. The molecule has 1 atom stereocenters. The van der Waals surface area contributed by atoms with Crippen LogP contribution in [0.4, 0.5) is 4.79 Å². The highest BCUT2D eigenvalue weighted by atomic mass is 32.1. The van der Waals surface area contributed by atoms with Crippen LogP contribution in [0.3, 0.4) is 0 Å². The lowest BCUT2D eigenvalue weighted by atomic mass is 9.94. The van der Waals surface area contributed by atoms with Crippen LogP contribution < -0.4 is 5.32 Å². The minimum Gasteiger partial charge on any atom is -0.382 e. The third-order valence-electron chi connectivity index (χ3n) is 7.30. The number of urea groups is 1. The van der Waals surface area contributed by atoms with E-state index in [0.29, 0.717) is 32.2 Å². The molecule has 5 nitrogen and oxygen atoms in total. The molecule has 1 aliphatic heterocycles. The predicted octanol–water partition coefficient (Wildman–Crippen LogP) is 6.58. The summed E-state index contributed by atoms with van der Waals surface area (Å²) >= 11 is 1.93. The summed E-state index contributed by atoms with van der Waals surface area (Å²) in [5.41, 5.74) is 6.46. The molecule has 3 heterocycles. The number of nitrogens with zero attached hydrogens (tertiary/aromatic N) is 2. The van der Waals surface area contributed by atoms with E-state index < -0.39 is 0 Å². The minimum absolute atomic E-state index is 0.00389. The Labute approximate surface area is 213 Å². The van der Waals surface area contributed by atoms with Gasteiger partial charge in [-0.2, -0.15) is 0 Å². The van der Waals surface area contributed by atoms with Crippen molar-refractivity contribution in [3.05, 3.63) is 75.4 Å². The number of hydrogen-bond donors (Lipinski definition) is 1. The first-order valence-corrected chi connectivity index (χ1v) is 13.9. The van der Waals surface area contributed by atoms with Gasteiger partial charge in [0.15, 0.2) is 0 Å². The van der Waals surface area contributed by atoms with Crippen LogP contribution in [-0.4, -0.2) is 35.3 Å². The van der Waals surface area contributed by atoms with Crippen LogP contribution in [0.2, 0.25) is 0 Å². The van der Waals surface area contributed by atoms with E-state index >= 15 is 0 Å². The van der Waals surface area contributed by atoms with Crippen molar-refractivity contribution in [2.75, 3.05) is 19.8 Å². The van der Waals surface area contributed by atoms with Gasteiger partial charge < -0.3 is 19.5 Å². The first-order chi connectivity index (χ1) is 17.1. The highest BCUT2D eigenvalue weighted by Gasteiger charge is 2.35. The first-order valence-electron chi connectivity index (χ1n) is 13.1. The van der Waals surface area contributed by atoms with Gasteiger partial charge in [-0.25, -0.2) is 4.79 Å². The number of ether oxygens (including phenoxy) is 1. The third-order valence-corrected chi connectivity index (χ3v) is 8.64. The summed E-state index contributed by atoms with van der Waals surface area (Å²) in [5.74, 6) is 0.477. The number of benzene rings is 1. The number of carbonyl (C=O) groups is 1. The summed E-state index contributed by atoms with van der Waals surface area (Å²) in [6.45, 7) is 9.06. The Balaban J connectivity index is 1.54. The van der Waals surface area contributed by atoms with Gasteiger partial charge in [-0.15, -0.1) is 11.3 Å². The maximum atomic E-state index is 13.7. The Hall–Kier alpha value is -2.57. The molecule has 6 heteroatoms. The van der Waals surface area contributed by atoms with E-state index in [0.717, 1.165) is 30.5 Å². The zero-order chi connectivity index (χ0) is 24.4. The number of aryl methyl sites for hydroxylation is 1. The van der Waals surface area contributed by atoms with Crippen LogP contribution in [0.25, 0.3) is 5.00 Å². The van der Waals surface area contributed by atoms with Crippen molar-refractivity contribution in [1.29, 1.82) is 0 Å². The molecule has 0 saturated heterocycles. The van der Waals surface area contributed by atoms with Gasteiger partial charge in [0.1, 0.15) is 5.00 Å². The fourth-order valence-corrected chi connectivity index (χ4v) is 6.82. The molecule has 35 heavy (non-hydrogen) atoms. The molecule has 2 aromatic heterocycles. The fraction of sp³-hybridized carbons (Fsp3) is 0.483. The molecule has 5 rings (SSSR count). The third kappa shape index (κ3) is 4.78. The Morgan fingerprint density at radius 1 is 1.14 bits per heavy atom. The maximum absolute atomic E-state index is 13.7. The van der Waals surface area contributed by atoms with Crippen molar-refractivity contribution in [3.8, 4) is 5.00 Å². The second-order valence-corrected chi connectivity index (χ2v) is 11.0. The highest BCUT2D eigenvalue weighted by molar-refractivity contribution is 7.15. The van der Waals surface area contributed by atoms with Gasteiger partial charge >= 0.3 is 6.03 Å². The van der Waals surface area contributed by atoms with Crippen molar-refractivity contribution < 1.29 is 9.53 Å². The van der Waals surface area contributed by atoms with E-state index in [1.165, 1.54) is 39.4 Å². The molecule has 0 bridgehead atoms. The summed E-state index contributed by atoms with van der Waals surface area (Å²) in [4.78, 5) is 17.3. The highest BCUT2D eigenvalue weighted by Crippen LogP contribution is 2.44. The smallest absolute Gasteiger partial charge is 0.318 e.